The molecule has 0 bridgehead atoms. The van der Waals surface area contributed by atoms with Gasteiger partial charge in [-0.15, -0.1) is 0 Å². The number of ether oxygens (including phenoxy) is 4. The van der Waals surface area contributed by atoms with E-state index in [0.717, 1.165) is 5.69 Å². The maximum atomic E-state index is 14.0. The van der Waals surface area contributed by atoms with Gasteiger partial charge in [-0.2, -0.15) is 0 Å². The highest BCUT2D eigenvalue weighted by Gasteiger charge is 2.50. The van der Waals surface area contributed by atoms with Gasteiger partial charge in [0.2, 0.25) is 5.88 Å². The number of carbonyl (C=O) groups is 1. The summed E-state index contributed by atoms with van der Waals surface area (Å²) in [7, 11) is 1.28. The van der Waals surface area contributed by atoms with Gasteiger partial charge in [-0.05, 0) is 31.2 Å². The van der Waals surface area contributed by atoms with Gasteiger partial charge >= 0.3 is 5.97 Å². The number of furan rings is 1. The fourth-order valence-electron chi connectivity index (χ4n) is 6.11. The van der Waals surface area contributed by atoms with Crippen LogP contribution < -0.4 is 14.5 Å². The molecule has 0 saturated carbocycles. The summed E-state index contributed by atoms with van der Waals surface area (Å²) in [6, 6.07) is 9.98. The second-order valence-corrected chi connectivity index (χ2v) is 10.8. The number of esters is 1. The summed E-state index contributed by atoms with van der Waals surface area (Å²) in [6.07, 6.45) is -1.60. The zero-order valence-corrected chi connectivity index (χ0v) is 23.0. The van der Waals surface area contributed by atoms with E-state index in [1.807, 2.05) is 12.1 Å². The van der Waals surface area contributed by atoms with Crippen molar-refractivity contribution in [2.45, 2.75) is 43.6 Å². The Balaban J connectivity index is 1.24. The summed E-state index contributed by atoms with van der Waals surface area (Å²) in [5.74, 6) is -0.707. The van der Waals surface area contributed by atoms with Crippen LogP contribution in [0.1, 0.15) is 25.6 Å². The van der Waals surface area contributed by atoms with E-state index < -0.39 is 30.4 Å². The molecule has 6 heterocycles. The number of anilines is 2. The monoisotopic (exact) mass is 581 g/mol. The van der Waals surface area contributed by atoms with E-state index in [0.29, 0.717) is 43.2 Å². The molecule has 0 aliphatic carbocycles. The first-order valence-corrected chi connectivity index (χ1v) is 13.8. The molecule has 7 rings (SSSR count). The number of benzene rings is 1. The first-order chi connectivity index (χ1) is 20.4. The minimum absolute atomic E-state index is 0.0181. The molecule has 13 heteroatoms. The van der Waals surface area contributed by atoms with E-state index >= 15 is 0 Å². The second-order valence-electron chi connectivity index (χ2n) is 10.8. The number of fused-ring (bicyclic) bond motifs is 3. The minimum Gasteiger partial charge on any atom is -0.471 e. The highest BCUT2D eigenvalue weighted by Crippen LogP contribution is 2.40. The molecule has 0 amide bonds. The molecular formula is C29H29F2N5O6. The molecule has 3 fully saturated rings. The molecule has 1 spiro atoms. The van der Waals surface area contributed by atoms with Crippen molar-refractivity contribution in [3.8, 4) is 5.88 Å². The van der Waals surface area contributed by atoms with Crippen molar-refractivity contribution in [3.05, 3.63) is 48.4 Å². The van der Waals surface area contributed by atoms with Crippen LogP contribution in [0.25, 0.3) is 22.1 Å². The Morgan fingerprint density at radius 1 is 1.14 bits per heavy atom. The number of hydrogen-bond donors (Lipinski definition) is 0. The van der Waals surface area contributed by atoms with Crippen molar-refractivity contribution < 1.29 is 36.9 Å². The summed E-state index contributed by atoms with van der Waals surface area (Å²) >= 11 is 0. The van der Waals surface area contributed by atoms with Crippen LogP contribution in [0.2, 0.25) is 0 Å². The summed E-state index contributed by atoms with van der Waals surface area (Å²) < 4.78 is 57.1. The number of pyridine rings is 1. The third kappa shape index (κ3) is 4.29. The molecule has 1 unspecified atom stereocenters. The standard InChI is InChI=1S/C29H29F2N5O6/c1-16-29(14-39-15-29)40-11-10-35(16)19-7-5-9-32-27(19)41-17-12-20(28(37)38-2)36(13-17)26-23-22(33-25(34-26)24(30)31)18-6-3-4-8-21(18)42-23/h3-9,16-17,20,24H,10-15H2,1-2H3/t16-,17?,20-/m0/s1. The van der Waals surface area contributed by atoms with Gasteiger partial charge in [0, 0.05) is 24.5 Å². The maximum Gasteiger partial charge on any atom is 0.328 e. The van der Waals surface area contributed by atoms with Crippen molar-refractivity contribution in [2.24, 2.45) is 0 Å². The van der Waals surface area contributed by atoms with Gasteiger partial charge in [-0.1, -0.05) is 12.1 Å². The number of halogens is 2. The van der Waals surface area contributed by atoms with Gasteiger partial charge in [-0.25, -0.2) is 28.5 Å². The number of rotatable bonds is 6. The third-order valence-electron chi connectivity index (χ3n) is 8.40. The Labute approximate surface area is 239 Å². The number of methoxy groups -OCH3 is 1. The summed E-state index contributed by atoms with van der Waals surface area (Å²) in [5, 5.41) is 0.576. The molecule has 0 radical (unpaired) electrons. The smallest absolute Gasteiger partial charge is 0.328 e. The van der Waals surface area contributed by atoms with Gasteiger partial charge in [0.15, 0.2) is 17.2 Å². The largest absolute Gasteiger partial charge is 0.471 e. The van der Waals surface area contributed by atoms with Gasteiger partial charge < -0.3 is 33.2 Å². The molecule has 11 nitrogen and oxygen atoms in total. The van der Waals surface area contributed by atoms with E-state index in [4.69, 9.17) is 23.4 Å². The van der Waals surface area contributed by atoms with Gasteiger partial charge in [-0.3, -0.25) is 0 Å². The number of hydrogen-bond acceptors (Lipinski definition) is 11. The van der Waals surface area contributed by atoms with E-state index in [9.17, 15) is 13.6 Å². The number of morpholine rings is 1. The van der Waals surface area contributed by atoms with Crippen LogP contribution in [0.4, 0.5) is 20.3 Å². The predicted molar refractivity (Wildman–Crippen MR) is 147 cm³/mol. The average Bonchev–Trinajstić information content (AvgIpc) is 3.57. The Kier molecular flexibility index (Phi) is 6.58. The van der Waals surface area contributed by atoms with Crippen LogP contribution in [-0.2, 0) is 19.0 Å². The van der Waals surface area contributed by atoms with Crippen LogP contribution in [0.5, 0.6) is 5.88 Å². The molecule has 42 heavy (non-hydrogen) atoms. The third-order valence-corrected chi connectivity index (χ3v) is 8.40. The maximum absolute atomic E-state index is 14.0. The Morgan fingerprint density at radius 2 is 1.98 bits per heavy atom. The normalized spacial score (nSPS) is 23.6. The zero-order valence-electron chi connectivity index (χ0n) is 23.0. The fourth-order valence-corrected chi connectivity index (χ4v) is 6.11. The molecule has 4 aromatic rings. The van der Waals surface area contributed by atoms with Crippen LogP contribution >= 0.6 is 0 Å². The van der Waals surface area contributed by atoms with Crippen LogP contribution in [-0.4, -0.2) is 84.7 Å². The molecule has 3 saturated heterocycles. The van der Waals surface area contributed by atoms with E-state index in [1.165, 1.54) is 7.11 Å². The summed E-state index contributed by atoms with van der Waals surface area (Å²) in [4.78, 5) is 29.6. The zero-order chi connectivity index (χ0) is 29.0. The highest BCUT2D eigenvalue weighted by atomic mass is 19.3. The number of alkyl halides is 2. The van der Waals surface area contributed by atoms with Crippen molar-refractivity contribution >= 4 is 39.5 Å². The van der Waals surface area contributed by atoms with Crippen LogP contribution in [0.15, 0.2) is 47.0 Å². The Hall–Kier alpha value is -4.10. The Morgan fingerprint density at radius 3 is 2.74 bits per heavy atom. The molecule has 0 N–H and O–H groups in total. The average molecular weight is 582 g/mol. The van der Waals surface area contributed by atoms with E-state index in [2.05, 4.69) is 26.8 Å². The van der Waals surface area contributed by atoms with Crippen LogP contribution in [0.3, 0.4) is 0 Å². The summed E-state index contributed by atoms with van der Waals surface area (Å²) in [5.41, 5.74) is 1.36. The molecule has 3 atom stereocenters. The lowest BCUT2D eigenvalue weighted by molar-refractivity contribution is -0.228. The lowest BCUT2D eigenvalue weighted by Crippen LogP contribution is -2.68. The van der Waals surface area contributed by atoms with E-state index in [1.54, 1.807) is 35.4 Å². The molecule has 220 valence electrons. The predicted octanol–water partition coefficient (Wildman–Crippen LogP) is 3.90. The quantitative estimate of drug-likeness (QED) is 0.309. The number of aromatic nitrogens is 3. The van der Waals surface area contributed by atoms with Crippen molar-refractivity contribution in [3.63, 3.8) is 0 Å². The second kappa shape index (κ2) is 10.3. The highest BCUT2D eigenvalue weighted by molar-refractivity contribution is 6.06. The van der Waals surface area contributed by atoms with Gasteiger partial charge in [0.25, 0.3) is 6.43 Å². The van der Waals surface area contributed by atoms with Crippen molar-refractivity contribution in [2.75, 3.05) is 49.8 Å². The molecule has 3 aromatic heterocycles. The lowest BCUT2D eigenvalue weighted by Gasteiger charge is -2.53. The topological polar surface area (TPSA) is 112 Å². The lowest BCUT2D eigenvalue weighted by atomic mass is 9.90. The SMILES string of the molecule is COC(=O)[C@@H]1CC(Oc2ncccc2N2CCOC3(COC3)[C@@H]2C)CN1c1nc(C(F)F)nc2c1oc1ccccc12. The fraction of sp³-hybridized carbons (Fsp3) is 0.448. The molecule has 1 aromatic carbocycles. The van der Waals surface area contributed by atoms with E-state index in [-0.39, 0.29) is 41.5 Å². The molecule has 3 aliphatic heterocycles. The van der Waals surface area contributed by atoms with Gasteiger partial charge in [0.05, 0.1) is 39.5 Å². The summed E-state index contributed by atoms with van der Waals surface area (Å²) in [6.45, 7) is 4.48. The first kappa shape index (κ1) is 26.8. The number of carbonyl (C=O) groups excluding carboxylic acids is 1. The van der Waals surface area contributed by atoms with Crippen molar-refractivity contribution in [1.29, 1.82) is 0 Å². The van der Waals surface area contributed by atoms with Crippen LogP contribution in [0, 0.1) is 0 Å². The minimum atomic E-state index is -2.93. The Bertz CT molecular complexity index is 1650. The van der Waals surface area contributed by atoms with Gasteiger partial charge in [0.1, 0.15) is 34.5 Å². The number of nitrogens with zero attached hydrogens (tertiary/aromatic N) is 5. The first-order valence-electron chi connectivity index (χ1n) is 13.8. The molecular weight excluding hydrogens is 552 g/mol. The molecule has 3 aliphatic rings. The van der Waals surface area contributed by atoms with Crippen molar-refractivity contribution in [1.82, 2.24) is 15.0 Å². The number of para-hydroxylation sites is 1.